The zero-order valence-corrected chi connectivity index (χ0v) is 20.5. The second-order valence-electron chi connectivity index (χ2n) is 8.09. The van der Waals surface area contributed by atoms with Crippen LogP contribution in [0.15, 0.2) is 60.2 Å². The van der Waals surface area contributed by atoms with Crippen molar-refractivity contribution in [1.29, 1.82) is 0 Å². The fraction of sp³-hybridized carbons (Fsp3) is 0.259. The van der Waals surface area contributed by atoms with E-state index in [1.54, 1.807) is 7.11 Å². The van der Waals surface area contributed by atoms with Gasteiger partial charge in [-0.1, -0.05) is 54.1 Å². The third-order valence-electron chi connectivity index (χ3n) is 6.13. The maximum absolute atomic E-state index is 13.4. The van der Waals surface area contributed by atoms with E-state index in [9.17, 15) is 14.7 Å². The molecule has 35 heavy (non-hydrogen) atoms. The van der Waals surface area contributed by atoms with Crippen molar-refractivity contribution in [3.63, 3.8) is 0 Å². The van der Waals surface area contributed by atoms with Crippen molar-refractivity contribution in [1.82, 2.24) is 4.90 Å². The average Bonchev–Trinajstić information content (AvgIpc) is 3.12. The minimum absolute atomic E-state index is 0.0247. The summed E-state index contributed by atoms with van der Waals surface area (Å²) in [6.45, 7) is 0.705. The molecule has 1 aliphatic heterocycles. The highest BCUT2D eigenvalue weighted by Crippen LogP contribution is 2.44. The van der Waals surface area contributed by atoms with Crippen LogP contribution in [0.25, 0.3) is 16.5 Å². The van der Waals surface area contributed by atoms with Crippen LogP contribution in [0.5, 0.6) is 11.5 Å². The molecule has 1 heterocycles. The summed E-state index contributed by atoms with van der Waals surface area (Å²) in [7, 11) is 4.48. The number of benzene rings is 3. The highest BCUT2D eigenvalue weighted by atomic mass is 35.5. The van der Waals surface area contributed by atoms with E-state index in [0.717, 1.165) is 16.3 Å². The molecule has 1 fully saturated rings. The lowest BCUT2D eigenvalue weighted by atomic mass is 9.91. The largest absolute Gasteiger partial charge is 0.507 e. The summed E-state index contributed by atoms with van der Waals surface area (Å²) < 4.78 is 15.8. The molecule has 3 aromatic carbocycles. The van der Waals surface area contributed by atoms with Crippen LogP contribution in [-0.4, -0.2) is 56.2 Å². The van der Waals surface area contributed by atoms with Crippen molar-refractivity contribution in [3.8, 4) is 11.5 Å². The third kappa shape index (κ3) is 4.45. The van der Waals surface area contributed by atoms with E-state index in [1.165, 1.54) is 31.3 Å². The maximum Gasteiger partial charge on any atom is 0.295 e. The molecular weight excluding hydrogens is 470 g/mol. The number of carbonyl (C=O) groups is 2. The highest BCUT2D eigenvalue weighted by molar-refractivity contribution is 6.46. The molecule has 7 nitrogen and oxygen atoms in total. The van der Waals surface area contributed by atoms with Gasteiger partial charge >= 0.3 is 0 Å². The summed E-state index contributed by atoms with van der Waals surface area (Å²) in [6.07, 6.45) is 0.530. The smallest absolute Gasteiger partial charge is 0.295 e. The molecule has 0 aliphatic carbocycles. The number of hydrogen-bond donors (Lipinski definition) is 1. The van der Waals surface area contributed by atoms with E-state index in [-0.39, 0.29) is 34.2 Å². The van der Waals surface area contributed by atoms with Gasteiger partial charge in [-0.2, -0.15) is 0 Å². The number of ether oxygens (including phenoxy) is 3. The molecule has 0 spiro atoms. The number of fused-ring (bicyclic) bond motifs is 1. The summed E-state index contributed by atoms with van der Waals surface area (Å²) in [5.74, 6) is -1.21. The van der Waals surface area contributed by atoms with Crippen LogP contribution < -0.4 is 9.47 Å². The first kappa shape index (κ1) is 24.6. The topological polar surface area (TPSA) is 85.3 Å². The summed E-state index contributed by atoms with van der Waals surface area (Å²) in [5.41, 5.74) is 0.904. The molecule has 0 radical (unpaired) electrons. The number of halogens is 1. The first-order valence-electron chi connectivity index (χ1n) is 11.1. The Morgan fingerprint density at radius 3 is 2.43 bits per heavy atom. The highest BCUT2D eigenvalue weighted by Gasteiger charge is 2.46. The molecular formula is C27H26ClNO6. The summed E-state index contributed by atoms with van der Waals surface area (Å²) >= 11 is 6.33. The van der Waals surface area contributed by atoms with E-state index in [0.29, 0.717) is 18.8 Å². The van der Waals surface area contributed by atoms with Gasteiger partial charge in [-0.05, 0) is 28.8 Å². The van der Waals surface area contributed by atoms with E-state index in [4.69, 9.17) is 25.8 Å². The first-order valence-corrected chi connectivity index (χ1v) is 11.5. The molecule has 1 saturated heterocycles. The minimum atomic E-state index is -0.802. The van der Waals surface area contributed by atoms with Crippen molar-refractivity contribution in [2.75, 3.05) is 34.5 Å². The van der Waals surface area contributed by atoms with Gasteiger partial charge < -0.3 is 24.2 Å². The summed E-state index contributed by atoms with van der Waals surface area (Å²) in [6, 6.07) is 15.6. The van der Waals surface area contributed by atoms with Crippen molar-refractivity contribution < 1.29 is 28.9 Å². The Hall–Kier alpha value is -3.55. The van der Waals surface area contributed by atoms with E-state index in [1.807, 2.05) is 42.5 Å². The second kappa shape index (κ2) is 10.4. The van der Waals surface area contributed by atoms with E-state index in [2.05, 4.69) is 0 Å². The van der Waals surface area contributed by atoms with Crippen LogP contribution in [0.3, 0.4) is 0 Å². The predicted octanol–water partition coefficient (Wildman–Crippen LogP) is 4.97. The molecule has 8 heteroatoms. The molecule has 1 amide bonds. The minimum Gasteiger partial charge on any atom is -0.507 e. The van der Waals surface area contributed by atoms with Crippen LogP contribution in [0.4, 0.5) is 0 Å². The van der Waals surface area contributed by atoms with Gasteiger partial charge in [-0.15, -0.1) is 0 Å². The van der Waals surface area contributed by atoms with Crippen molar-refractivity contribution in [2.24, 2.45) is 0 Å². The van der Waals surface area contributed by atoms with Gasteiger partial charge in [0.25, 0.3) is 11.7 Å². The maximum atomic E-state index is 13.4. The Morgan fingerprint density at radius 1 is 1.00 bits per heavy atom. The number of ketones is 1. The predicted molar refractivity (Wildman–Crippen MR) is 134 cm³/mol. The molecule has 1 N–H and O–H groups in total. The van der Waals surface area contributed by atoms with Gasteiger partial charge in [-0.3, -0.25) is 9.59 Å². The number of amides is 1. The van der Waals surface area contributed by atoms with Gasteiger partial charge in [-0.25, -0.2) is 0 Å². The van der Waals surface area contributed by atoms with Crippen LogP contribution in [0.2, 0.25) is 5.02 Å². The normalized spacial score (nSPS) is 17.3. The lowest BCUT2D eigenvalue weighted by molar-refractivity contribution is -0.140. The summed E-state index contributed by atoms with van der Waals surface area (Å²) in [5, 5.41) is 13.5. The molecule has 0 aromatic heterocycles. The molecule has 1 atom stereocenters. The monoisotopic (exact) mass is 495 g/mol. The quantitative estimate of drug-likeness (QED) is 0.205. The number of aliphatic hydroxyl groups is 1. The molecule has 4 rings (SSSR count). The van der Waals surface area contributed by atoms with E-state index < -0.39 is 17.7 Å². The number of carbonyl (C=O) groups excluding carboxylic acids is 2. The average molecular weight is 496 g/mol. The number of nitrogens with zero attached hydrogens (tertiary/aromatic N) is 1. The fourth-order valence-corrected chi connectivity index (χ4v) is 4.73. The second-order valence-corrected chi connectivity index (χ2v) is 8.50. The summed E-state index contributed by atoms with van der Waals surface area (Å²) in [4.78, 5) is 28.0. The Labute approximate surface area is 208 Å². The molecule has 1 aliphatic rings. The zero-order valence-electron chi connectivity index (χ0n) is 19.7. The molecule has 0 saturated carbocycles. The zero-order chi connectivity index (χ0) is 25.1. The molecule has 3 aromatic rings. The van der Waals surface area contributed by atoms with Crippen LogP contribution >= 0.6 is 11.6 Å². The molecule has 0 bridgehead atoms. The van der Waals surface area contributed by atoms with E-state index >= 15 is 0 Å². The SMILES string of the molecule is COCCCN1C(=O)C(=O)/C(=C(/O)c2cc(Cl)c(OC)cc2OC)C1c1cccc2ccccc12. The number of Topliss-reactive ketones (excluding diaryl/α,β-unsaturated/α-hetero) is 1. The Bertz CT molecular complexity index is 1310. The van der Waals surface area contributed by atoms with Gasteiger partial charge in [0, 0.05) is 26.3 Å². The van der Waals surface area contributed by atoms with Crippen LogP contribution in [0.1, 0.15) is 23.6 Å². The lowest BCUT2D eigenvalue weighted by Gasteiger charge is -2.26. The third-order valence-corrected chi connectivity index (χ3v) is 6.43. The number of likely N-dealkylation sites (tertiary alicyclic amines) is 1. The van der Waals surface area contributed by atoms with Crippen molar-refractivity contribution >= 4 is 39.8 Å². The lowest BCUT2D eigenvalue weighted by Crippen LogP contribution is -2.31. The Morgan fingerprint density at radius 2 is 1.71 bits per heavy atom. The standard InChI is InChI=1S/C27H26ClNO6/c1-33-13-7-12-29-24(18-11-6-9-16-8-4-5-10-17(16)18)23(26(31)27(29)32)25(30)19-14-20(28)22(35-3)15-21(19)34-2/h4-6,8-11,14-15,24,30H,7,12-13H2,1-3H3/b25-23+. The Balaban J connectivity index is 1.97. The first-order chi connectivity index (χ1) is 16.9. The number of methoxy groups -OCH3 is 3. The van der Waals surface area contributed by atoms with Gasteiger partial charge in [0.05, 0.1) is 36.4 Å². The van der Waals surface area contributed by atoms with Crippen LogP contribution in [-0.2, 0) is 14.3 Å². The van der Waals surface area contributed by atoms with Gasteiger partial charge in [0.15, 0.2) is 0 Å². The number of rotatable bonds is 8. The fourth-order valence-electron chi connectivity index (χ4n) is 4.49. The van der Waals surface area contributed by atoms with Crippen molar-refractivity contribution in [3.05, 3.63) is 76.3 Å². The van der Waals surface area contributed by atoms with Gasteiger partial charge in [0.2, 0.25) is 0 Å². The number of hydrogen-bond acceptors (Lipinski definition) is 6. The Kier molecular flexibility index (Phi) is 7.28. The number of aliphatic hydroxyl groups excluding tert-OH is 1. The molecule has 182 valence electrons. The molecule has 1 unspecified atom stereocenters. The van der Waals surface area contributed by atoms with Crippen LogP contribution in [0, 0.1) is 0 Å². The van der Waals surface area contributed by atoms with Crippen molar-refractivity contribution in [2.45, 2.75) is 12.5 Å². The van der Waals surface area contributed by atoms with Gasteiger partial charge in [0.1, 0.15) is 17.3 Å².